The highest BCUT2D eigenvalue weighted by Crippen LogP contribution is 2.36. The van der Waals surface area contributed by atoms with Gasteiger partial charge in [-0.3, -0.25) is 14.4 Å². The van der Waals surface area contributed by atoms with E-state index < -0.39 is 36.0 Å². The molecule has 7 nitrogen and oxygen atoms in total. The molecule has 0 aromatic carbocycles. The SMILES string of the molecule is C=C1C(=O)O[C@H]2/C=C(/COC(C)=O)CC/C=C(/C=O)C[C@@H](OC(=O)CC(C)C)[C@@H]12. The predicted molar refractivity (Wildman–Crippen MR) is 105 cm³/mol. The molecule has 0 aromatic heterocycles. The van der Waals surface area contributed by atoms with E-state index in [2.05, 4.69) is 6.58 Å². The number of ether oxygens (including phenoxy) is 3. The van der Waals surface area contributed by atoms with E-state index in [1.165, 1.54) is 6.92 Å². The van der Waals surface area contributed by atoms with Crippen molar-refractivity contribution in [3.05, 3.63) is 35.5 Å². The molecule has 1 fully saturated rings. The minimum Gasteiger partial charge on any atom is -0.461 e. The molecule has 7 heteroatoms. The fourth-order valence-corrected chi connectivity index (χ4v) is 3.46. The van der Waals surface area contributed by atoms with Crippen LogP contribution in [0.1, 0.15) is 46.5 Å². The second-order valence-corrected chi connectivity index (χ2v) is 7.79. The van der Waals surface area contributed by atoms with Gasteiger partial charge in [-0.15, -0.1) is 0 Å². The van der Waals surface area contributed by atoms with Crippen LogP contribution in [-0.2, 0) is 33.4 Å². The zero-order chi connectivity index (χ0) is 21.6. The minimum absolute atomic E-state index is 0.0602. The molecule has 1 aliphatic heterocycles. The van der Waals surface area contributed by atoms with Gasteiger partial charge in [-0.2, -0.15) is 0 Å². The summed E-state index contributed by atoms with van der Waals surface area (Å²) in [4.78, 5) is 47.3. The van der Waals surface area contributed by atoms with Crippen LogP contribution >= 0.6 is 0 Å². The van der Waals surface area contributed by atoms with Crippen LogP contribution in [-0.4, -0.2) is 43.0 Å². The first-order valence-electron chi connectivity index (χ1n) is 9.77. The third-order valence-corrected chi connectivity index (χ3v) is 4.84. The van der Waals surface area contributed by atoms with Crippen molar-refractivity contribution >= 4 is 24.2 Å². The standard InChI is InChI=1S/C22H28O7/c1-13(2)8-20(25)28-18-9-16(11-23)6-5-7-17(12-27-15(4)24)10-19-21(18)14(3)22(26)29-19/h6,10-11,13,18-19,21H,3,5,7-9,12H2,1-2,4H3/b16-6+,17-10+/t18-,19+,21-/m1/s1. The number of carbonyl (C=O) groups is 4. The maximum Gasteiger partial charge on any atom is 0.334 e. The van der Waals surface area contributed by atoms with Crippen molar-refractivity contribution in [3.63, 3.8) is 0 Å². The number of fused-ring (bicyclic) bond motifs is 1. The van der Waals surface area contributed by atoms with Crippen LogP contribution in [0.15, 0.2) is 35.5 Å². The van der Waals surface area contributed by atoms with Crippen LogP contribution in [0.4, 0.5) is 0 Å². The molecular formula is C22H28O7. The molecule has 2 rings (SSSR count). The Morgan fingerprint density at radius 1 is 1.38 bits per heavy atom. The average Bonchev–Trinajstić information content (AvgIpc) is 2.90. The lowest BCUT2D eigenvalue weighted by molar-refractivity contribution is -0.153. The number of carbonyl (C=O) groups excluding carboxylic acids is 4. The van der Waals surface area contributed by atoms with Crippen LogP contribution in [0, 0.1) is 11.8 Å². The summed E-state index contributed by atoms with van der Waals surface area (Å²) in [6.07, 6.45) is 4.27. The summed E-state index contributed by atoms with van der Waals surface area (Å²) in [6.45, 7) is 9.01. The molecule has 0 saturated carbocycles. The summed E-state index contributed by atoms with van der Waals surface area (Å²) in [6, 6.07) is 0. The molecule has 158 valence electrons. The van der Waals surface area contributed by atoms with Gasteiger partial charge in [-0.25, -0.2) is 4.79 Å². The van der Waals surface area contributed by atoms with Crippen LogP contribution in [0.5, 0.6) is 0 Å². The summed E-state index contributed by atoms with van der Waals surface area (Å²) in [5, 5.41) is 0. The van der Waals surface area contributed by atoms with Gasteiger partial charge in [0.1, 0.15) is 25.1 Å². The minimum atomic E-state index is -0.758. The monoisotopic (exact) mass is 404 g/mol. The Balaban J connectivity index is 2.38. The third-order valence-electron chi connectivity index (χ3n) is 4.84. The lowest BCUT2D eigenvalue weighted by atomic mass is 9.85. The highest BCUT2D eigenvalue weighted by atomic mass is 16.6. The number of allylic oxidation sites excluding steroid dienone is 1. The largest absolute Gasteiger partial charge is 0.461 e. The summed E-state index contributed by atoms with van der Waals surface area (Å²) >= 11 is 0. The van der Waals surface area contributed by atoms with Crippen molar-refractivity contribution in [2.24, 2.45) is 11.8 Å². The summed E-state index contributed by atoms with van der Waals surface area (Å²) < 4.78 is 16.2. The molecule has 0 radical (unpaired) electrons. The first kappa shape index (κ1) is 22.6. The highest BCUT2D eigenvalue weighted by Gasteiger charge is 2.44. The van der Waals surface area contributed by atoms with Gasteiger partial charge >= 0.3 is 17.9 Å². The van der Waals surface area contributed by atoms with Gasteiger partial charge < -0.3 is 14.2 Å². The van der Waals surface area contributed by atoms with Crippen molar-refractivity contribution in [1.82, 2.24) is 0 Å². The first-order chi connectivity index (χ1) is 13.7. The Morgan fingerprint density at radius 3 is 2.72 bits per heavy atom. The predicted octanol–water partition coefficient (Wildman–Crippen LogP) is 2.84. The number of rotatable bonds is 6. The van der Waals surface area contributed by atoms with Crippen molar-refractivity contribution in [2.75, 3.05) is 6.61 Å². The zero-order valence-corrected chi connectivity index (χ0v) is 17.1. The molecular weight excluding hydrogens is 376 g/mol. The van der Waals surface area contributed by atoms with E-state index in [9.17, 15) is 19.2 Å². The molecule has 1 heterocycles. The van der Waals surface area contributed by atoms with Crippen molar-refractivity contribution < 1.29 is 33.4 Å². The van der Waals surface area contributed by atoms with E-state index in [1.807, 2.05) is 13.8 Å². The van der Waals surface area contributed by atoms with E-state index in [0.29, 0.717) is 18.4 Å². The Kier molecular flexibility index (Phi) is 7.93. The molecule has 0 aromatic rings. The molecule has 1 saturated heterocycles. The van der Waals surface area contributed by atoms with Gasteiger partial charge in [0.15, 0.2) is 0 Å². The van der Waals surface area contributed by atoms with Gasteiger partial charge in [0.25, 0.3) is 0 Å². The summed E-state index contributed by atoms with van der Waals surface area (Å²) in [7, 11) is 0. The van der Waals surface area contributed by atoms with Gasteiger partial charge in [0, 0.05) is 25.3 Å². The van der Waals surface area contributed by atoms with E-state index in [1.54, 1.807) is 12.2 Å². The maximum absolute atomic E-state index is 12.3. The van der Waals surface area contributed by atoms with Gasteiger partial charge in [0.2, 0.25) is 0 Å². The second kappa shape index (κ2) is 10.2. The zero-order valence-electron chi connectivity index (χ0n) is 17.1. The highest BCUT2D eigenvalue weighted by molar-refractivity contribution is 5.91. The molecule has 3 atom stereocenters. The normalized spacial score (nSPS) is 28.3. The smallest absolute Gasteiger partial charge is 0.334 e. The van der Waals surface area contributed by atoms with Crippen LogP contribution in [0.3, 0.4) is 0 Å². The van der Waals surface area contributed by atoms with E-state index in [0.717, 1.165) is 11.9 Å². The Hall–Kier alpha value is -2.70. The summed E-state index contributed by atoms with van der Waals surface area (Å²) in [5.41, 5.74) is 1.44. The van der Waals surface area contributed by atoms with Gasteiger partial charge in [-0.1, -0.05) is 26.5 Å². The molecule has 0 amide bonds. The Morgan fingerprint density at radius 2 is 2.10 bits per heavy atom. The lowest BCUT2D eigenvalue weighted by Crippen LogP contribution is -2.34. The average molecular weight is 404 g/mol. The van der Waals surface area contributed by atoms with Crippen LogP contribution in [0.2, 0.25) is 0 Å². The van der Waals surface area contributed by atoms with E-state index in [-0.39, 0.29) is 30.9 Å². The van der Waals surface area contributed by atoms with E-state index in [4.69, 9.17) is 14.2 Å². The quantitative estimate of drug-likeness (QED) is 0.221. The van der Waals surface area contributed by atoms with Crippen molar-refractivity contribution in [3.8, 4) is 0 Å². The molecule has 29 heavy (non-hydrogen) atoms. The second-order valence-electron chi connectivity index (χ2n) is 7.79. The fraction of sp³-hybridized carbons (Fsp3) is 0.545. The first-order valence-corrected chi connectivity index (χ1v) is 9.77. The van der Waals surface area contributed by atoms with Crippen molar-refractivity contribution in [1.29, 1.82) is 0 Å². The molecule has 0 unspecified atom stereocenters. The number of aldehydes is 1. The number of hydrogen-bond donors (Lipinski definition) is 0. The van der Waals surface area contributed by atoms with Crippen LogP contribution < -0.4 is 0 Å². The van der Waals surface area contributed by atoms with Gasteiger partial charge in [0.05, 0.1) is 5.92 Å². The van der Waals surface area contributed by atoms with E-state index >= 15 is 0 Å². The number of esters is 3. The fourth-order valence-electron chi connectivity index (χ4n) is 3.46. The molecule has 0 spiro atoms. The van der Waals surface area contributed by atoms with Crippen LogP contribution in [0.25, 0.3) is 0 Å². The topological polar surface area (TPSA) is 96.0 Å². The molecule has 2 aliphatic rings. The Bertz CT molecular complexity index is 744. The third kappa shape index (κ3) is 6.41. The lowest BCUT2D eigenvalue weighted by Gasteiger charge is -2.27. The van der Waals surface area contributed by atoms with Gasteiger partial charge in [-0.05, 0) is 36.0 Å². The molecule has 1 aliphatic carbocycles. The molecule has 0 N–H and O–H groups in total. The maximum atomic E-state index is 12.3. The Labute approximate surface area is 170 Å². The summed E-state index contributed by atoms with van der Waals surface area (Å²) in [5.74, 6) is -1.89. The number of hydrogen-bond acceptors (Lipinski definition) is 7. The van der Waals surface area contributed by atoms with Crippen molar-refractivity contribution in [2.45, 2.75) is 58.7 Å². The molecule has 0 bridgehead atoms.